The third-order valence-corrected chi connectivity index (χ3v) is 3.72. The van der Waals surface area contributed by atoms with Gasteiger partial charge in [-0.25, -0.2) is 0 Å². The number of pyridine rings is 1. The quantitative estimate of drug-likeness (QED) is 0.921. The van der Waals surface area contributed by atoms with E-state index in [4.69, 9.17) is 14.9 Å². The van der Waals surface area contributed by atoms with Gasteiger partial charge < -0.3 is 19.8 Å². The van der Waals surface area contributed by atoms with E-state index in [0.717, 1.165) is 12.8 Å². The Balaban J connectivity index is 1.66. The van der Waals surface area contributed by atoms with E-state index < -0.39 is 5.91 Å². The van der Waals surface area contributed by atoms with Crippen LogP contribution >= 0.6 is 0 Å². The maximum Gasteiger partial charge on any atom is 0.267 e. The maximum absolute atomic E-state index is 12.3. The zero-order valence-electron chi connectivity index (χ0n) is 12.5. The van der Waals surface area contributed by atoms with Crippen molar-refractivity contribution in [3.63, 3.8) is 0 Å². The molecule has 2 aromatic heterocycles. The van der Waals surface area contributed by atoms with Crippen molar-refractivity contribution < 1.29 is 18.7 Å². The molecule has 1 unspecified atom stereocenters. The minimum absolute atomic E-state index is 0.0698. The average Bonchev–Trinajstić information content (AvgIpc) is 3.09. The van der Waals surface area contributed by atoms with Crippen LogP contribution in [0.1, 0.15) is 33.7 Å². The van der Waals surface area contributed by atoms with Crippen molar-refractivity contribution in [2.45, 2.75) is 18.9 Å². The van der Waals surface area contributed by atoms with Crippen LogP contribution in [0.5, 0.6) is 5.75 Å². The molecule has 0 saturated carbocycles. The van der Waals surface area contributed by atoms with E-state index in [1.807, 2.05) is 0 Å². The second-order valence-electron chi connectivity index (χ2n) is 5.39. The Morgan fingerprint density at radius 2 is 2.26 bits per heavy atom. The molecule has 1 atom stereocenters. The Kier molecular flexibility index (Phi) is 4.27. The third kappa shape index (κ3) is 3.50. The first-order valence-corrected chi connectivity index (χ1v) is 7.37. The third-order valence-electron chi connectivity index (χ3n) is 3.72. The zero-order chi connectivity index (χ0) is 16.2. The van der Waals surface area contributed by atoms with E-state index in [-0.39, 0.29) is 17.7 Å². The van der Waals surface area contributed by atoms with Crippen molar-refractivity contribution in [2.75, 3.05) is 13.1 Å². The van der Waals surface area contributed by atoms with E-state index in [9.17, 15) is 9.59 Å². The van der Waals surface area contributed by atoms with Crippen molar-refractivity contribution in [3.8, 4) is 5.75 Å². The van der Waals surface area contributed by atoms with E-state index in [0.29, 0.717) is 24.4 Å². The lowest BCUT2D eigenvalue weighted by Gasteiger charge is -2.32. The summed E-state index contributed by atoms with van der Waals surface area (Å²) in [5.41, 5.74) is 5.90. The highest BCUT2D eigenvalue weighted by molar-refractivity contribution is 5.94. The lowest BCUT2D eigenvalue weighted by Crippen LogP contribution is -2.44. The molecule has 0 spiro atoms. The van der Waals surface area contributed by atoms with Crippen molar-refractivity contribution in [2.24, 2.45) is 5.73 Å². The number of nitrogens with zero attached hydrogens (tertiary/aromatic N) is 2. The molecule has 1 saturated heterocycles. The number of hydrogen-bond acceptors (Lipinski definition) is 5. The normalized spacial score (nSPS) is 17.7. The molecule has 7 heteroatoms. The smallest absolute Gasteiger partial charge is 0.267 e. The lowest BCUT2D eigenvalue weighted by atomic mass is 10.1. The molecule has 0 radical (unpaired) electrons. The molecule has 3 heterocycles. The van der Waals surface area contributed by atoms with E-state index in [2.05, 4.69) is 4.98 Å². The summed E-state index contributed by atoms with van der Waals surface area (Å²) in [4.78, 5) is 29.1. The molecule has 2 aromatic rings. The number of carbonyl (C=O) groups excluding carboxylic acids is 2. The first-order valence-electron chi connectivity index (χ1n) is 7.37. The van der Waals surface area contributed by atoms with Crippen molar-refractivity contribution in [3.05, 3.63) is 48.2 Å². The number of amides is 2. The van der Waals surface area contributed by atoms with Gasteiger partial charge in [-0.3, -0.25) is 14.6 Å². The molecular weight excluding hydrogens is 298 g/mol. The Bertz CT molecular complexity index is 699. The standard InChI is InChI=1S/C16H17N3O4/c17-15(20)14-8-12(3-5-18-14)23-13-2-1-6-19(9-13)16(21)11-4-7-22-10-11/h3-5,7-8,10,13H,1-2,6,9H2,(H2,17,20). The SMILES string of the molecule is NC(=O)c1cc(OC2CCCN(C(=O)c3ccoc3)C2)ccn1. The van der Waals surface area contributed by atoms with Gasteiger partial charge in [-0.05, 0) is 25.0 Å². The number of carbonyl (C=O) groups is 2. The van der Waals surface area contributed by atoms with Gasteiger partial charge in [0.25, 0.3) is 11.8 Å². The highest BCUT2D eigenvalue weighted by Gasteiger charge is 2.26. The van der Waals surface area contributed by atoms with Crippen molar-refractivity contribution in [1.82, 2.24) is 9.88 Å². The van der Waals surface area contributed by atoms with Crippen LogP contribution in [0.25, 0.3) is 0 Å². The molecular formula is C16H17N3O4. The monoisotopic (exact) mass is 315 g/mol. The molecule has 0 bridgehead atoms. The summed E-state index contributed by atoms with van der Waals surface area (Å²) in [7, 11) is 0. The highest BCUT2D eigenvalue weighted by atomic mass is 16.5. The molecule has 3 rings (SSSR count). The number of piperidine rings is 1. The molecule has 1 aliphatic rings. The van der Waals surface area contributed by atoms with Crippen LogP contribution in [0.15, 0.2) is 41.3 Å². The topological polar surface area (TPSA) is 98.7 Å². The minimum atomic E-state index is -0.601. The summed E-state index contributed by atoms with van der Waals surface area (Å²) in [6.07, 6.45) is 5.95. The van der Waals surface area contributed by atoms with Gasteiger partial charge in [-0.2, -0.15) is 0 Å². The van der Waals surface area contributed by atoms with Crippen molar-refractivity contribution >= 4 is 11.8 Å². The number of primary amides is 1. The van der Waals surface area contributed by atoms with Gasteiger partial charge in [0.1, 0.15) is 23.8 Å². The van der Waals surface area contributed by atoms with E-state index in [1.54, 1.807) is 17.0 Å². The Labute approximate surface area is 133 Å². The Hall–Kier alpha value is -2.83. The van der Waals surface area contributed by atoms with Gasteiger partial charge >= 0.3 is 0 Å². The van der Waals surface area contributed by atoms with E-state index >= 15 is 0 Å². The van der Waals surface area contributed by atoms with Crippen LogP contribution < -0.4 is 10.5 Å². The Morgan fingerprint density at radius 1 is 1.39 bits per heavy atom. The summed E-state index contributed by atoms with van der Waals surface area (Å²) < 4.78 is 10.8. The number of ether oxygens (including phenoxy) is 1. The summed E-state index contributed by atoms with van der Waals surface area (Å²) in [5, 5.41) is 0. The maximum atomic E-state index is 12.3. The second kappa shape index (κ2) is 6.51. The molecule has 2 N–H and O–H groups in total. The van der Waals surface area contributed by atoms with Crippen LogP contribution in [0.2, 0.25) is 0 Å². The fraction of sp³-hybridized carbons (Fsp3) is 0.312. The van der Waals surface area contributed by atoms with Gasteiger partial charge in [-0.1, -0.05) is 0 Å². The molecule has 2 amide bonds. The van der Waals surface area contributed by atoms with Crippen LogP contribution in [0, 0.1) is 0 Å². The fourth-order valence-corrected chi connectivity index (χ4v) is 2.60. The van der Waals surface area contributed by atoms with Crippen LogP contribution in [-0.4, -0.2) is 40.9 Å². The predicted molar refractivity (Wildman–Crippen MR) is 81.0 cm³/mol. The number of furan rings is 1. The average molecular weight is 315 g/mol. The van der Waals surface area contributed by atoms with Gasteiger partial charge in [0.2, 0.25) is 0 Å². The molecule has 7 nitrogen and oxygen atoms in total. The number of nitrogens with two attached hydrogens (primary N) is 1. The molecule has 23 heavy (non-hydrogen) atoms. The predicted octanol–water partition coefficient (Wildman–Crippen LogP) is 1.46. The lowest BCUT2D eigenvalue weighted by molar-refractivity contribution is 0.0537. The molecule has 120 valence electrons. The fourth-order valence-electron chi connectivity index (χ4n) is 2.60. The summed E-state index contributed by atoms with van der Waals surface area (Å²) in [6, 6.07) is 4.83. The highest BCUT2D eigenvalue weighted by Crippen LogP contribution is 2.20. The van der Waals surface area contributed by atoms with E-state index in [1.165, 1.54) is 24.8 Å². The number of aromatic nitrogens is 1. The van der Waals surface area contributed by atoms with Gasteiger partial charge in [0.15, 0.2) is 0 Å². The number of hydrogen-bond donors (Lipinski definition) is 1. The minimum Gasteiger partial charge on any atom is -0.488 e. The van der Waals surface area contributed by atoms with Crippen LogP contribution in [0.3, 0.4) is 0 Å². The van der Waals surface area contributed by atoms with Gasteiger partial charge in [-0.15, -0.1) is 0 Å². The number of rotatable bonds is 4. The van der Waals surface area contributed by atoms with Gasteiger partial charge in [0, 0.05) is 18.8 Å². The Morgan fingerprint density at radius 3 is 3.00 bits per heavy atom. The first kappa shape index (κ1) is 15.1. The second-order valence-corrected chi connectivity index (χ2v) is 5.39. The molecule has 1 fully saturated rings. The molecule has 0 aliphatic carbocycles. The first-order chi connectivity index (χ1) is 11.1. The summed E-state index contributed by atoms with van der Waals surface area (Å²) in [5.74, 6) is -0.146. The molecule has 1 aliphatic heterocycles. The number of likely N-dealkylation sites (tertiary alicyclic amines) is 1. The summed E-state index contributed by atoms with van der Waals surface area (Å²) in [6.45, 7) is 1.17. The molecule has 0 aromatic carbocycles. The summed E-state index contributed by atoms with van der Waals surface area (Å²) >= 11 is 0. The largest absolute Gasteiger partial charge is 0.488 e. The van der Waals surface area contributed by atoms with Crippen LogP contribution in [0.4, 0.5) is 0 Å². The van der Waals surface area contributed by atoms with Crippen LogP contribution in [-0.2, 0) is 0 Å². The zero-order valence-corrected chi connectivity index (χ0v) is 12.5. The van der Waals surface area contributed by atoms with Gasteiger partial charge in [0.05, 0.1) is 18.4 Å². The van der Waals surface area contributed by atoms with Crippen molar-refractivity contribution in [1.29, 1.82) is 0 Å².